The highest BCUT2D eigenvalue weighted by Gasteiger charge is 2.22. The number of nitrogens with one attached hydrogen (secondary N) is 1. The predicted octanol–water partition coefficient (Wildman–Crippen LogP) is 4.67. The molecule has 198 valence electrons. The molecule has 0 saturated heterocycles. The lowest BCUT2D eigenvalue weighted by atomic mass is 10.2. The molecule has 0 aliphatic heterocycles. The zero-order valence-corrected chi connectivity index (χ0v) is 21.3. The second-order valence-corrected chi connectivity index (χ2v) is 8.69. The molecule has 0 fully saturated rings. The number of ether oxygens (including phenoxy) is 1. The highest BCUT2D eigenvalue weighted by atomic mass is 35.5. The number of hydrogen-bond acceptors (Lipinski definition) is 6. The van der Waals surface area contributed by atoms with E-state index in [4.69, 9.17) is 21.4 Å². The van der Waals surface area contributed by atoms with Crippen LogP contribution in [0.25, 0.3) is 0 Å². The van der Waals surface area contributed by atoms with E-state index in [0.717, 1.165) is 16.7 Å². The van der Waals surface area contributed by atoms with Crippen LogP contribution in [0.3, 0.4) is 0 Å². The summed E-state index contributed by atoms with van der Waals surface area (Å²) in [6.07, 6.45) is 1.31. The summed E-state index contributed by atoms with van der Waals surface area (Å²) in [7, 11) is 1.69. The number of carbonyl (C=O) groups is 3. The fraction of sp³-hybridized carbons (Fsp3) is 0.192. The first kappa shape index (κ1) is 28.1. The van der Waals surface area contributed by atoms with Gasteiger partial charge in [0.1, 0.15) is 11.6 Å². The Labute approximate surface area is 223 Å². The number of carboxylic acid groups (broad SMARTS) is 1. The number of imide groups is 1. The maximum atomic E-state index is 13.1. The molecule has 1 atom stereocenters. The number of hydrogen-bond donors (Lipinski definition) is 2. The highest BCUT2D eigenvalue weighted by molar-refractivity contribution is 6.30. The number of rotatable bonds is 9. The summed E-state index contributed by atoms with van der Waals surface area (Å²) in [5.74, 6) is -1.84. The summed E-state index contributed by atoms with van der Waals surface area (Å²) in [6, 6.07) is 15.4. The Morgan fingerprint density at radius 1 is 1.16 bits per heavy atom. The van der Waals surface area contributed by atoms with E-state index in [2.05, 4.69) is 15.3 Å². The van der Waals surface area contributed by atoms with Gasteiger partial charge in [-0.1, -0.05) is 30.7 Å². The normalized spacial score (nSPS) is 11.8. The monoisotopic (exact) mass is 541 g/mol. The molecule has 0 unspecified atom stereocenters. The van der Waals surface area contributed by atoms with Crippen molar-refractivity contribution in [3.63, 3.8) is 0 Å². The molecule has 0 aliphatic carbocycles. The molecule has 38 heavy (non-hydrogen) atoms. The van der Waals surface area contributed by atoms with Gasteiger partial charge in [0.2, 0.25) is 18.2 Å². The number of nitrogens with zero attached hydrogens (tertiary/aromatic N) is 4. The van der Waals surface area contributed by atoms with Crippen LogP contribution >= 0.6 is 11.6 Å². The van der Waals surface area contributed by atoms with Gasteiger partial charge in [0.25, 0.3) is 0 Å². The number of aliphatic carboxylic acids is 1. The van der Waals surface area contributed by atoms with Crippen LogP contribution in [0.15, 0.2) is 71.9 Å². The Morgan fingerprint density at radius 2 is 1.84 bits per heavy atom. The summed E-state index contributed by atoms with van der Waals surface area (Å²) in [5, 5.41) is 12.3. The number of urea groups is 1. The summed E-state index contributed by atoms with van der Waals surface area (Å²) >= 11 is 5.97. The van der Waals surface area contributed by atoms with Gasteiger partial charge in [0.15, 0.2) is 0 Å². The fourth-order valence-electron chi connectivity index (χ4n) is 3.12. The van der Waals surface area contributed by atoms with Crippen molar-refractivity contribution in [3.05, 3.63) is 83.3 Å². The Hall–Kier alpha value is -4.51. The van der Waals surface area contributed by atoms with Crippen LogP contribution in [0, 0.1) is 11.7 Å². The van der Waals surface area contributed by atoms with E-state index in [1.807, 2.05) is 12.1 Å². The molecule has 2 N–H and O–H groups in total. The van der Waals surface area contributed by atoms with E-state index in [0.29, 0.717) is 23.0 Å². The van der Waals surface area contributed by atoms with Crippen molar-refractivity contribution in [1.29, 1.82) is 0 Å². The van der Waals surface area contributed by atoms with Crippen molar-refractivity contribution in [2.75, 3.05) is 13.6 Å². The van der Waals surface area contributed by atoms with Crippen molar-refractivity contribution in [1.82, 2.24) is 20.1 Å². The first-order valence-corrected chi connectivity index (χ1v) is 11.7. The lowest BCUT2D eigenvalue weighted by Crippen LogP contribution is -2.49. The summed E-state index contributed by atoms with van der Waals surface area (Å²) < 4.78 is 18.6. The second kappa shape index (κ2) is 13.2. The van der Waals surface area contributed by atoms with E-state index >= 15 is 0 Å². The molecule has 0 radical (unpaired) electrons. The van der Waals surface area contributed by atoms with Gasteiger partial charge >= 0.3 is 12.0 Å². The average molecular weight is 542 g/mol. The van der Waals surface area contributed by atoms with Gasteiger partial charge in [-0.3, -0.25) is 19.8 Å². The predicted molar refractivity (Wildman–Crippen MR) is 139 cm³/mol. The number of halogens is 2. The Balaban J connectivity index is 1.82. The second-order valence-electron chi connectivity index (χ2n) is 8.26. The topological polar surface area (TPSA) is 124 Å². The van der Waals surface area contributed by atoms with Gasteiger partial charge in [-0.2, -0.15) is 0 Å². The molecule has 3 rings (SSSR count). The molecule has 1 heterocycles. The van der Waals surface area contributed by atoms with E-state index < -0.39 is 23.7 Å². The summed E-state index contributed by atoms with van der Waals surface area (Å²) in [5.41, 5.74) is 1.32. The van der Waals surface area contributed by atoms with Gasteiger partial charge in [-0.05, 0) is 48.0 Å². The Bertz CT molecular complexity index is 1290. The minimum Gasteiger partial charge on any atom is -0.481 e. The molecule has 1 aromatic heterocycles. The third-order valence-electron chi connectivity index (χ3n) is 5.19. The van der Waals surface area contributed by atoms with Crippen LogP contribution in [0.1, 0.15) is 12.5 Å². The van der Waals surface area contributed by atoms with Gasteiger partial charge in [0, 0.05) is 31.2 Å². The molecule has 0 bridgehead atoms. The number of benzene rings is 2. The minimum atomic E-state index is -1.14. The van der Waals surface area contributed by atoms with Crippen molar-refractivity contribution < 1.29 is 28.6 Å². The third-order valence-corrected chi connectivity index (χ3v) is 5.44. The van der Waals surface area contributed by atoms with E-state index in [9.17, 15) is 18.8 Å². The first-order chi connectivity index (χ1) is 18.1. The number of guanidine groups is 1. The number of aliphatic imine (C=N–C) groups is 1. The molecular formula is C26H25ClFN5O5. The Kier molecular flexibility index (Phi) is 9.72. The van der Waals surface area contributed by atoms with Crippen molar-refractivity contribution in [3.8, 4) is 11.6 Å². The van der Waals surface area contributed by atoms with Crippen molar-refractivity contribution in [2.45, 2.75) is 13.5 Å². The van der Waals surface area contributed by atoms with Crippen LogP contribution in [0.4, 0.5) is 14.9 Å². The molecule has 3 aromatic rings. The largest absolute Gasteiger partial charge is 0.481 e. The molecular weight excluding hydrogens is 517 g/mol. The zero-order valence-electron chi connectivity index (χ0n) is 20.5. The molecule has 12 heteroatoms. The Morgan fingerprint density at radius 3 is 2.42 bits per heavy atom. The van der Waals surface area contributed by atoms with E-state index in [1.54, 1.807) is 48.3 Å². The molecule has 10 nitrogen and oxygen atoms in total. The molecule has 0 aliphatic rings. The summed E-state index contributed by atoms with van der Waals surface area (Å²) in [6.45, 7) is 1.40. The van der Waals surface area contributed by atoms with Crippen molar-refractivity contribution in [2.24, 2.45) is 10.9 Å². The van der Waals surface area contributed by atoms with Gasteiger partial charge in [-0.15, -0.1) is 0 Å². The maximum Gasteiger partial charge on any atom is 0.330 e. The number of carbonyl (C=O) groups excluding carboxylic acids is 2. The van der Waals surface area contributed by atoms with E-state index in [1.165, 1.54) is 19.1 Å². The maximum absolute atomic E-state index is 13.1. The molecule has 0 spiro atoms. The lowest BCUT2D eigenvalue weighted by Gasteiger charge is -2.24. The number of aromatic nitrogens is 1. The van der Waals surface area contributed by atoms with E-state index in [-0.39, 0.29) is 24.8 Å². The quantitative estimate of drug-likeness (QED) is 0.229. The van der Waals surface area contributed by atoms with Gasteiger partial charge in [-0.25, -0.2) is 19.2 Å². The van der Waals surface area contributed by atoms with Crippen LogP contribution in [0.5, 0.6) is 11.6 Å². The van der Waals surface area contributed by atoms with Crippen LogP contribution in [-0.4, -0.2) is 57.9 Å². The molecule has 0 saturated carbocycles. The third kappa shape index (κ3) is 8.27. The van der Waals surface area contributed by atoms with Gasteiger partial charge in [0.05, 0.1) is 17.8 Å². The smallest absolute Gasteiger partial charge is 0.330 e. The highest BCUT2D eigenvalue weighted by Crippen LogP contribution is 2.23. The molecule has 3 amide bonds. The number of amides is 3. The first-order valence-electron chi connectivity index (χ1n) is 11.3. The minimum absolute atomic E-state index is 0.105. The lowest BCUT2D eigenvalue weighted by molar-refractivity contribution is -0.141. The number of pyridine rings is 1. The fourth-order valence-corrected chi connectivity index (χ4v) is 3.24. The van der Waals surface area contributed by atoms with Crippen molar-refractivity contribution >= 4 is 41.7 Å². The summed E-state index contributed by atoms with van der Waals surface area (Å²) in [4.78, 5) is 46.3. The average Bonchev–Trinajstić information content (AvgIpc) is 2.90. The van der Waals surface area contributed by atoms with Crippen LogP contribution in [0.2, 0.25) is 5.02 Å². The SMILES string of the molecule is C[C@@H](CN(C=O)C(=O)NC(=Nc1ccc(Oc2ccc(F)cn2)cc1)N(C)Cc1ccc(Cl)cc1)C(=O)O. The zero-order chi connectivity index (χ0) is 27.7. The van der Waals surface area contributed by atoms with Crippen LogP contribution in [-0.2, 0) is 16.1 Å². The number of carboxylic acids is 1. The van der Waals surface area contributed by atoms with Crippen LogP contribution < -0.4 is 10.1 Å². The van der Waals surface area contributed by atoms with Gasteiger partial charge < -0.3 is 14.7 Å². The standard InChI is InChI=1S/C26H25ClFN5O5/c1-17(24(35)36)14-33(16-34)26(37)31-25(32(2)15-18-3-5-19(27)6-4-18)30-21-8-10-22(11-9-21)38-23-12-7-20(28)13-29-23/h3-13,16-17H,14-15H2,1-2H3,(H,35,36)(H,30,31,37)/t17-/m0/s1. The molecule has 2 aromatic carbocycles.